The lowest BCUT2D eigenvalue weighted by Gasteiger charge is -2.09. The minimum Gasteiger partial charge on any atom is -0.507 e. The second-order valence-corrected chi connectivity index (χ2v) is 3.52. The van der Waals surface area contributed by atoms with Crippen LogP contribution >= 0.6 is 0 Å². The van der Waals surface area contributed by atoms with Crippen LogP contribution in [0.2, 0.25) is 0 Å². The van der Waals surface area contributed by atoms with E-state index >= 15 is 0 Å². The van der Waals surface area contributed by atoms with E-state index in [1.165, 1.54) is 24.3 Å². The third-order valence-electron chi connectivity index (χ3n) is 2.37. The highest BCUT2D eigenvalue weighted by molar-refractivity contribution is 5.83. The quantitative estimate of drug-likeness (QED) is 0.656. The van der Waals surface area contributed by atoms with Crippen LogP contribution in [0.25, 0.3) is 11.0 Å². The molecule has 0 saturated heterocycles. The van der Waals surface area contributed by atoms with E-state index in [4.69, 9.17) is 15.3 Å². The van der Waals surface area contributed by atoms with E-state index in [-0.39, 0.29) is 16.9 Å². The number of phenolic OH excluding ortho intramolecular Hbond substituents is 1. The Hall–Kier alpha value is -2.34. The largest absolute Gasteiger partial charge is 0.507 e. The van der Waals surface area contributed by atoms with E-state index in [9.17, 15) is 14.7 Å². The lowest BCUT2D eigenvalue weighted by molar-refractivity contribution is -0.138. The first-order valence-electron chi connectivity index (χ1n) is 4.74. The summed E-state index contributed by atoms with van der Waals surface area (Å²) in [6.07, 6.45) is 0. The van der Waals surface area contributed by atoms with Crippen molar-refractivity contribution in [3.8, 4) is 5.75 Å². The Morgan fingerprint density at radius 3 is 2.71 bits per heavy atom. The van der Waals surface area contributed by atoms with Crippen LogP contribution in [0.4, 0.5) is 0 Å². The lowest BCUT2D eigenvalue weighted by atomic mass is 10.0. The van der Waals surface area contributed by atoms with Crippen LogP contribution in [-0.2, 0) is 4.79 Å². The number of carboxylic acid groups (broad SMARTS) is 1. The Morgan fingerprint density at radius 2 is 2.06 bits per heavy atom. The molecular weight excluding hydrogens is 226 g/mol. The number of carboxylic acids is 1. The van der Waals surface area contributed by atoms with Gasteiger partial charge in [-0.2, -0.15) is 0 Å². The first-order chi connectivity index (χ1) is 7.99. The van der Waals surface area contributed by atoms with Crippen LogP contribution in [-0.4, -0.2) is 16.2 Å². The molecule has 4 N–H and O–H groups in total. The van der Waals surface area contributed by atoms with Gasteiger partial charge in [-0.3, -0.25) is 4.79 Å². The Labute approximate surface area is 94.9 Å². The molecule has 1 aromatic heterocycles. The summed E-state index contributed by atoms with van der Waals surface area (Å²) < 4.78 is 4.83. The molecular formula is C11H9NO5. The average Bonchev–Trinajstić information content (AvgIpc) is 2.27. The van der Waals surface area contributed by atoms with Crippen molar-refractivity contribution in [3.63, 3.8) is 0 Å². The van der Waals surface area contributed by atoms with E-state index in [0.29, 0.717) is 5.39 Å². The molecule has 2 aromatic rings. The maximum Gasteiger partial charge on any atom is 0.336 e. The molecule has 0 saturated carbocycles. The third kappa shape index (κ3) is 1.98. The van der Waals surface area contributed by atoms with E-state index in [1.54, 1.807) is 0 Å². The average molecular weight is 235 g/mol. The topological polar surface area (TPSA) is 114 Å². The van der Waals surface area contributed by atoms with Crippen LogP contribution < -0.4 is 11.4 Å². The van der Waals surface area contributed by atoms with Gasteiger partial charge in [0.25, 0.3) is 0 Å². The van der Waals surface area contributed by atoms with Gasteiger partial charge in [0, 0.05) is 23.1 Å². The van der Waals surface area contributed by atoms with Crippen LogP contribution in [0.15, 0.2) is 33.5 Å². The molecule has 0 aliphatic rings. The summed E-state index contributed by atoms with van der Waals surface area (Å²) in [6.45, 7) is 0. The summed E-state index contributed by atoms with van der Waals surface area (Å²) in [7, 11) is 0. The van der Waals surface area contributed by atoms with E-state index in [0.717, 1.165) is 0 Å². The molecule has 0 amide bonds. The van der Waals surface area contributed by atoms with Crippen LogP contribution in [0.5, 0.6) is 5.75 Å². The van der Waals surface area contributed by atoms with Gasteiger partial charge >= 0.3 is 11.6 Å². The van der Waals surface area contributed by atoms with Crippen molar-refractivity contribution in [2.24, 2.45) is 5.73 Å². The third-order valence-corrected chi connectivity index (χ3v) is 2.37. The molecule has 1 aromatic carbocycles. The summed E-state index contributed by atoms with van der Waals surface area (Å²) >= 11 is 0. The molecule has 0 aliphatic carbocycles. The number of carbonyl (C=O) groups is 1. The van der Waals surface area contributed by atoms with Crippen LogP contribution in [0.3, 0.4) is 0 Å². The lowest BCUT2D eigenvalue weighted by Crippen LogP contribution is -2.20. The number of aliphatic carboxylic acids is 1. The normalized spacial score (nSPS) is 12.5. The van der Waals surface area contributed by atoms with Crippen molar-refractivity contribution < 1.29 is 19.4 Å². The summed E-state index contributed by atoms with van der Waals surface area (Å²) in [5.74, 6) is -1.57. The number of rotatable bonds is 2. The molecule has 0 bridgehead atoms. The second-order valence-electron chi connectivity index (χ2n) is 3.52. The first-order valence-corrected chi connectivity index (χ1v) is 4.74. The molecule has 0 radical (unpaired) electrons. The van der Waals surface area contributed by atoms with Gasteiger partial charge < -0.3 is 20.4 Å². The van der Waals surface area contributed by atoms with Crippen LogP contribution in [0, 0.1) is 0 Å². The van der Waals surface area contributed by atoms with Gasteiger partial charge in [-0.25, -0.2) is 4.79 Å². The fourth-order valence-electron chi connectivity index (χ4n) is 1.50. The van der Waals surface area contributed by atoms with Crippen molar-refractivity contribution in [2.75, 3.05) is 0 Å². The molecule has 0 spiro atoms. The second kappa shape index (κ2) is 3.91. The Morgan fingerprint density at radius 1 is 1.35 bits per heavy atom. The van der Waals surface area contributed by atoms with E-state index < -0.39 is 17.6 Å². The standard InChI is InChI=1S/C11H9NO5/c12-10(11(15)16)6-3-5-1-2-9(14)17-8(5)4-7(6)13/h1-4,10,13H,12H2,(H,15,16). The maximum atomic E-state index is 11.0. The first kappa shape index (κ1) is 11.2. The van der Waals surface area contributed by atoms with Crippen molar-refractivity contribution in [3.05, 3.63) is 40.2 Å². The molecule has 17 heavy (non-hydrogen) atoms. The summed E-state index contributed by atoms with van der Waals surface area (Å²) in [6, 6.07) is 3.90. The zero-order valence-corrected chi connectivity index (χ0v) is 8.58. The van der Waals surface area contributed by atoms with Crippen molar-refractivity contribution >= 4 is 16.9 Å². The SMILES string of the molecule is NC(C(=O)O)c1cc2ccc(=O)oc2cc1O. The van der Waals surface area contributed by atoms with Gasteiger partial charge in [-0.1, -0.05) is 0 Å². The summed E-state index contributed by atoms with van der Waals surface area (Å²) in [4.78, 5) is 21.7. The fraction of sp³-hybridized carbons (Fsp3) is 0.0909. The molecule has 6 heteroatoms. The number of aromatic hydroxyl groups is 1. The van der Waals surface area contributed by atoms with E-state index in [1.807, 2.05) is 0 Å². The van der Waals surface area contributed by atoms with Crippen LogP contribution in [0.1, 0.15) is 11.6 Å². The number of benzene rings is 1. The number of phenols is 1. The number of hydrogen-bond donors (Lipinski definition) is 3. The van der Waals surface area contributed by atoms with Gasteiger partial charge in [0.1, 0.15) is 17.4 Å². The fourth-order valence-corrected chi connectivity index (χ4v) is 1.50. The Balaban J connectivity index is 2.67. The molecule has 0 aliphatic heterocycles. The predicted molar refractivity (Wildman–Crippen MR) is 58.7 cm³/mol. The van der Waals surface area contributed by atoms with Crippen molar-refractivity contribution in [2.45, 2.75) is 6.04 Å². The minimum absolute atomic E-state index is 0.0684. The van der Waals surface area contributed by atoms with Gasteiger partial charge in [-0.15, -0.1) is 0 Å². The predicted octanol–water partition coefficient (Wildman–Crippen LogP) is 0.583. The van der Waals surface area contributed by atoms with E-state index in [2.05, 4.69) is 0 Å². The minimum atomic E-state index is -1.33. The molecule has 2 rings (SSSR count). The highest BCUT2D eigenvalue weighted by Gasteiger charge is 2.19. The summed E-state index contributed by atoms with van der Waals surface area (Å²) in [5.41, 5.74) is 5.10. The molecule has 88 valence electrons. The highest BCUT2D eigenvalue weighted by Crippen LogP contribution is 2.28. The number of hydrogen-bond acceptors (Lipinski definition) is 5. The number of nitrogens with two attached hydrogens (primary N) is 1. The van der Waals surface area contributed by atoms with Gasteiger partial charge in [0.2, 0.25) is 0 Å². The van der Waals surface area contributed by atoms with Gasteiger partial charge in [0.05, 0.1) is 0 Å². The molecule has 0 fully saturated rings. The van der Waals surface area contributed by atoms with Gasteiger partial charge in [0.15, 0.2) is 0 Å². The van der Waals surface area contributed by atoms with Crippen molar-refractivity contribution in [1.82, 2.24) is 0 Å². The molecule has 1 heterocycles. The maximum absolute atomic E-state index is 11.0. The summed E-state index contributed by atoms with van der Waals surface area (Å²) in [5, 5.41) is 18.9. The molecule has 6 nitrogen and oxygen atoms in total. The Bertz CT molecular complexity index is 646. The molecule has 1 unspecified atom stereocenters. The van der Waals surface area contributed by atoms with Gasteiger partial charge in [-0.05, 0) is 12.1 Å². The zero-order valence-electron chi connectivity index (χ0n) is 8.58. The monoisotopic (exact) mass is 235 g/mol. The molecule has 1 atom stereocenters. The highest BCUT2D eigenvalue weighted by atomic mass is 16.4. The number of fused-ring (bicyclic) bond motifs is 1. The Kier molecular flexibility index (Phi) is 2.57. The zero-order chi connectivity index (χ0) is 12.6. The smallest absolute Gasteiger partial charge is 0.336 e. The van der Waals surface area contributed by atoms with Crippen molar-refractivity contribution in [1.29, 1.82) is 0 Å².